The molecule has 7 heteroatoms. The molecule has 0 bridgehead atoms. The molecule has 1 heterocycles. The number of aryl methyl sites for hydroxylation is 1. The molecule has 0 fully saturated rings. The molecule has 0 saturated heterocycles. The Morgan fingerprint density at radius 3 is 2.71 bits per heavy atom. The van der Waals surface area contributed by atoms with Crippen LogP contribution in [0.3, 0.4) is 0 Å². The predicted molar refractivity (Wildman–Crippen MR) is 59.6 cm³/mol. The molecule has 94 valence electrons. The summed E-state index contributed by atoms with van der Waals surface area (Å²) in [6.45, 7) is 2.51. The second-order valence-corrected chi connectivity index (χ2v) is 3.51. The van der Waals surface area contributed by atoms with E-state index in [2.05, 4.69) is 15.8 Å². The first-order valence-corrected chi connectivity index (χ1v) is 5.23. The van der Waals surface area contributed by atoms with Crippen LogP contribution in [0.15, 0.2) is 10.6 Å². The van der Waals surface area contributed by atoms with Crippen molar-refractivity contribution in [3.63, 3.8) is 0 Å². The van der Waals surface area contributed by atoms with Crippen molar-refractivity contribution >= 4 is 17.7 Å². The first kappa shape index (κ1) is 13.2. The SMILES string of the molecule is Cc1cc(NC(=O)CCNCCC(=O)O)no1. The van der Waals surface area contributed by atoms with Crippen LogP contribution in [0, 0.1) is 6.92 Å². The summed E-state index contributed by atoms with van der Waals surface area (Å²) in [7, 11) is 0. The number of nitrogens with one attached hydrogen (secondary N) is 2. The molecule has 1 aromatic rings. The van der Waals surface area contributed by atoms with Crippen molar-refractivity contribution in [3.05, 3.63) is 11.8 Å². The number of hydrogen-bond acceptors (Lipinski definition) is 5. The van der Waals surface area contributed by atoms with Crippen LogP contribution in [0.4, 0.5) is 5.82 Å². The monoisotopic (exact) mass is 241 g/mol. The van der Waals surface area contributed by atoms with Gasteiger partial charge in [-0.2, -0.15) is 0 Å². The molecule has 17 heavy (non-hydrogen) atoms. The van der Waals surface area contributed by atoms with E-state index in [1.165, 1.54) is 0 Å². The van der Waals surface area contributed by atoms with Gasteiger partial charge >= 0.3 is 5.97 Å². The molecule has 0 aliphatic rings. The summed E-state index contributed by atoms with van der Waals surface area (Å²) < 4.78 is 4.79. The van der Waals surface area contributed by atoms with Crippen LogP contribution in [-0.4, -0.2) is 35.2 Å². The molecule has 1 aromatic heterocycles. The van der Waals surface area contributed by atoms with E-state index in [1.54, 1.807) is 13.0 Å². The molecule has 0 aliphatic carbocycles. The fraction of sp³-hybridized carbons (Fsp3) is 0.500. The maximum absolute atomic E-state index is 11.4. The highest BCUT2D eigenvalue weighted by molar-refractivity contribution is 5.89. The molecule has 3 N–H and O–H groups in total. The van der Waals surface area contributed by atoms with Crippen molar-refractivity contribution in [2.24, 2.45) is 0 Å². The number of hydrogen-bond donors (Lipinski definition) is 3. The zero-order valence-electron chi connectivity index (χ0n) is 9.52. The summed E-state index contributed by atoms with van der Waals surface area (Å²) in [6, 6.07) is 1.62. The van der Waals surface area contributed by atoms with Gasteiger partial charge in [-0.05, 0) is 6.92 Å². The number of aliphatic carboxylic acids is 1. The number of nitrogens with zero attached hydrogens (tertiary/aromatic N) is 1. The Balaban J connectivity index is 2.11. The van der Waals surface area contributed by atoms with E-state index in [0.717, 1.165) is 0 Å². The topological polar surface area (TPSA) is 104 Å². The lowest BCUT2D eigenvalue weighted by Crippen LogP contribution is -2.24. The summed E-state index contributed by atoms with van der Waals surface area (Å²) >= 11 is 0. The molecule has 7 nitrogen and oxygen atoms in total. The van der Waals surface area contributed by atoms with Crippen molar-refractivity contribution in [2.45, 2.75) is 19.8 Å². The first-order chi connectivity index (χ1) is 8.08. The van der Waals surface area contributed by atoms with Crippen LogP contribution in [0.5, 0.6) is 0 Å². The van der Waals surface area contributed by atoms with Crippen molar-refractivity contribution in [1.82, 2.24) is 10.5 Å². The van der Waals surface area contributed by atoms with Gasteiger partial charge in [0.05, 0.1) is 6.42 Å². The van der Waals surface area contributed by atoms with E-state index in [4.69, 9.17) is 9.63 Å². The average Bonchev–Trinajstić information content (AvgIpc) is 2.63. The minimum Gasteiger partial charge on any atom is -0.481 e. The van der Waals surface area contributed by atoms with Gasteiger partial charge in [-0.1, -0.05) is 5.16 Å². The molecule has 0 saturated carbocycles. The van der Waals surface area contributed by atoms with Gasteiger partial charge < -0.3 is 20.3 Å². The predicted octanol–water partition coefficient (Wildman–Crippen LogP) is 0.376. The zero-order valence-corrected chi connectivity index (χ0v) is 9.52. The van der Waals surface area contributed by atoms with Gasteiger partial charge in [0.15, 0.2) is 5.82 Å². The average molecular weight is 241 g/mol. The van der Waals surface area contributed by atoms with Crippen LogP contribution in [0.25, 0.3) is 0 Å². The Bertz CT molecular complexity index is 389. The quantitative estimate of drug-likeness (QED) is 0.596. The maximum atomic E-state index is 11.4. The van der Waals surface area contributed by atoms with E-state index in [-0.39, 0.29) is 18.7 Å². The van der Waals surface area contributed by atoms with Gasteiger partial charge in [0, 0.05) is 25.6 Å². The Hall–Kier alpha value is -1.89. The van der Waals surface area contributed by atoms with Gasteiger partial charge in [-0.15, -0.1) is 0 Å². The summed E-state index contributed by atoms with van der Waals surface area (Å²) in [5.41, 5.74) is 0. The van der Waals surface area contributed by atoms with Gasteiger partial charge in [0.25, 0.3) is 0 Å². The van der Waals surface area contributed by atoms with Crippen molar-refractivity contribution in [3.8, 4) is 0 Å². The third-order valence-electron chi connectivity index (χ3n) is 1.94. The van der Waals surface area contributed by atoms with Crippen molar-refractivity contribution < 1.29 is 19.2 Å². The molecule has 0 spiro atoms. The summed E-state index contributed by atoms with van der Waals surface area (Å²) in [5, 5.41) is 17.4. The molecular formula is C10H15N3O4. The number of carboxylic acids is 1. The van der Waals surface area contributed by atoms with Gasteiger partial charge in [-0.3, -0.25) is 9.59 Å². The Kier molecular flexibility index (Phi) is 5.15. The molecule has 1 amide bonds. The smallest absolute Gasteiger partial charge is 0.304 e. The van der Waals surface area contributed by atoms with Crippen LogP contribution in [0.1, 0.15) is 18.6 Å². The van der Waals surface area contributed by atoms with Gasteiger partial charge in [-0.25, -0.2) is 0 Å². The zero-order chi connectivity index (χ0) is 12.7. The lowest BCUT2D eigenvalue weighted by atomic mass is 10.3. The normalized spacial score (nSPS) is 10.2. The van der Waals surface area contributed by atoms with E-state index in [0.29, 0.717) is 24.7 Å². The van der Waals surface area contributed by atoms with Crippen LogP contribution in [-0.2, 0) is 9.59 Å². The highest BCUT2D eigenvalue weighted by Crippen LogP contribution is 2.06. The highest BCUT2D eigenvalue weighted by Gasteiger charge is 2.05. The fourth-order valence-electron chi connectivity index (χ4n) is 1.15. The van der Waals surface area contributed by atoms with E-state index >= 15 is 0 Å². The summed E-state index contributed by atoms with van der Waals surface area (Å²) in [4.78, 5) is 21.6. The molecule has 0 atom stereocenters. The molecule has 0 aliphatic heterocycles. The second-order valence-electron chi connectivity index (χ2n) is 3.51. The number of aromatic nitrogens is 1. The third kappa shape index (κ3) is 5.67. The molecular weight excluding hydrogens is 226 g/mol. The lowest BCUT2D eigenvalue weighted by Gasteiger charge is -2.02. The molecule has 1 rings (SSSR count). The van der Waals surface area contributed by atoms with Gasteiger partial charge in [0.1, 0.15) is 5.76 Å². The van der Waals surface area contributed by atoms with Gasteiger partial charge in [0.2, 0.25) is 5.91 Å². The first-order valence-electron chi connectivity index (χ1n) is 5.23. The summed E-state index contributed by atoms with van der Waals surface area (Å²) in [6.07, 6.45) is 0.301. The summed E-state index contributed by atoms with van der Waals surface area (Å²) in [5.74, 6) is -0.0425. The number of carbonyl (C=O) groups excluding carboxylic acids is 1. The number of anilines is 1. The molecule has 0 unspecified atom stereocenters. The van der Waals surface area contributed by atoms with Crippen LogP contribution < -0.4 is 10.6 Å². The number of carbonyl (C=O) groups is 2. The maximum Gasteiger partial charge on any atom is 0.304 e. The lowest BCUT2D eigenvalue weighted by molar-refractivity contribution is -0.136. The van der Waals surface area contributed by atoms with E-state index in [9.17, 15) is 9.59 Å². The number of rotatable bonds is 7. The minimum absolute atomic E-state index is 0.0457. The fourth-order valence-corrected chi connectivity index (χ4v) is 1.15. The second kappa shape index (κ2) is 6.64. The molecule has 0 radical (unpaired) electrons. The molecule has 0 aromatic carbocycles. The number of amides is 1. The van der Waals surface area contributed by atoms with E-state index in [1.807, 2.05) is 0 Å². The third-order valence-corrected chi connectivity index (χ3v) is 1.94. The number of carboxylic acid groups (broad SMARTS) is 1. The van der Waals surface area contributed by atoms with Crippen LogP contribution in [0.2, 0.25) is 0 Å². The van der Waals surface area contributed by atoms with Crippen LogP contribution >= 0.6 is 0 Å². The Morgan fingerprint density at radius 2 is 2.12 bits per heavy atom. The van der Waals surface area contributed by atoms with Crippen molar-refractivity contribution in [2.75, 3.05) is 18.4 Å². The Morgan fingerprint density at radius 1 is 1.41 bits per heavy atom. The standard InChI is InChI=1S/C10H15N3O4/c1-7-6-8(13-17-7)12-9(14)2-4-11-5-3-10(15)16/h6,11H,2-5H2,1H3,(H,15,16)(H,12,13,14). The van der Waals surface area contributed by atoms with Crippen molar-refractivity contribution in [1.29, 1.82) is 0 Å². The minimum atomic E-state index is -0.861. The Labute approximate surface area is 98.2 Å². The van der Waals surface area contributed by atoms with E-state index < -0.39 is 5.97 Å². The highest BCUT2D eigenvalue weighted by atomic mass is 16.5. The largest absolute Gasteiger partial charge is 0.481 e.